The molecule has 3 heteroatoms. The van der Waals surface area contributed by atoms with Gasteiger partial charge in [0.2, 0.25) is 5.91 Å². The fourth-order valence-electron chi connectivity index (χ4n) is 3.17. The number of allylic oxidation sites excluding steroid dienone is 1. The van der Waals surface area contributed by atoms with Gasteiger partial charge < -0.3 is 10.2 Å². The first-order valence-corrected chi connectivity index (χ1v) is 8.69. The molecule has 2 unspecified atom stereocenters. The smallest absolute Gasteiger partial charge is 0.224 e. The Morgan fingerprint density at radius 1 is 1.35 bits per heavy atom. The predicted octanol–water partition coefficient (Wildman–Crippen LogP) is 3.57. The van der Waals surface area contributed by atoms with E-state index in [0.29, 0.717) is 5.92 Å². The van der Waals surface area contributed by atoms with Crippen LogP contribution in [0.1, 0.15) is 38.7 Å². The third-order valence-electron chi connectivity index (χ3n) is 4.83. The minimum absolute atomic E-state index is 0.151. The lowest BCUT2D eigenvalue weighted by atomic mass is 9.94. The van der Waals surface area contributed by atoms with Gasteiger partial charge in [0.15, 0.2) is 0 Å². The van der Waals surface area contributed by atoms with Gasteiger partial charge in [-0.15, -0.1) is 0 Å². The molecule has 1 heterocycles. The Morgan fingerprint density at radius 3 is 2.61 bits per heavy atom. The van der Waals surface area contributed by atoms with Crippen molar-refractivity contribution < 1.29 is 4.79 Å². The molecule has 0 radical (unpaired) electrons. The van der Waals surface area contributed by atoms with Crippen LogP contribution in [0.25, 0.3) is 5.57 Å². The second kappa shape index (κ2) is 8.30. The second-order valence-electron chi connectivity index (χ2n) is 7.12. The van der Waals surface area contributed by atoms with Crippen molar-refractivity contribution in [3.63, 3.8) is 0 Å². The summed E-state index contributed by atoms with van der Waals surface area (Å²) in [6.45, 7) is 10.5. The third kappa shape index (κ3) is 5.21. The van der Waals surface area contributed by atoms with Crippen molar-refractivity contribution in [1.29, 1.82) is 0 Å². The van der Waals surface area contributed by atoms with Crippen LogP contribution in [0.15, 0.2) is 36.9 Å². The van der Waals surface area contributed by atoms with E-state index >= 15 is 0 Å². The van der Waals surface area contributed by atoms with Gasteiger partial charge in [-0.05, 0) is 49.9 Å². The van der Waals surface area contributed by atoms with E-state index in [0.717, 1.165) is 37.9 Å². The normalized spacial score (nSPS) is 19.7. The van der Waals surface area contributed by atoms with Gasteiger partial charge in [-0.25, -0.2) is 0 Å². The van der Waals surface area contributed by atoms with E-state index in [1.807, 2.05) is 18.2 Å². The molecular formula is C20H30N2O. The van der Waals surface area contributed by atoms with E-state index in [1.165, 1.54) is 5.56 Å². The van der Waals surface area contributed by atoms with Crippen molar-refractivity contribution in [3.8, 4) is 0 Å². The standard InChI is InChI=1S/C20H30N2O/c1-15(2)19(21-20(23)18-12-13-22(4)14-18)11-10-16(3)17-8-6-5-7-9-17/h5-9,15,18-19H,3,10-14H2,1-2,4H3,(H,21,23). The fraction of sp³-hybridized carbons (Fsp3) is 0.550. The summed E-state index contributed by atoms with van der Waals surface area (Å²) < 4.78 is 0. The topological polar surface area (TPSA) is 32.3 Å². The molecule has 0 aromatic heterocycles. The number of nitrogens with one attached hydrogen (secondary N) is 1. The fourth-order valence-corrected chi connectivity index (χ4v) is 3.17. The SMILES string of the molecule is C=C(CCC(NC(=O)C1CCN(C)C1)C(C)C)c1ccccc1. The molecule has 23 heavy (non-hydrogen) atoms. The van der Waals surface area contributed by atoms with E-state index in [9.17, 15) is 4.79 Å². The molecule has 0 aliphatic carbocycles. The Morgan fingerprint density at radius 2 is 2.04 bits per heavy atom. The third-order valence-corrected chi connectivity index (χ3v) is 4.83. The lowest BCUT2D eigenvalue weighted by molar-refractivity contribution is -0.125. The van der Waals surface area contributed by atoms with Crippen molar-refractivity contribution in [3.05, 3.63) is 42.5 Å². The molecule has 1 saturated heterocycles. The van der Waals surface area contributed by atoms with E-state index in [-0.39, 0.29) is 17.9 Å². The summed E-state index contributed by atoms with van der Waals surface area (Å²) in [5, 5.41) is 3.28. The van der Waals surface area contributed by atoms with Crippen LogP contribution in [0.4, 0.5) is 0 Å². The average Bonchev–Trinajstić information content (AvgIpc) is 2.98. The van der Waals surface area contributed by atoms with Crippen molar-refractivity contribution >= 4 is 11.5 Å². The molecule has 126 valence electrons. The Balaban J connectivity index is 1.86. The van der Waals surface area contributed by atoms with Gasteiger partial charge in [0, 0.05) is 12.6 Å². The summed E-state index contributed by atoms with van der Waals surface area (Å²) in [7, 11) is 2.08. The molecule has 1 aromatic carbocycles. The molecule has 0 bridgehead atoms. The first-order chi connectivity index (χ1) is 11.0. The maximum Gasteiger partial charge on any atom is 0.224 e. The molecule has 3 nitrogen and oxygen atoms in total. The van der Waals surface area contributed by atoms with Gasteiger partial charge in [-0.1, -0.05) is 50.8 Å². The van der Waals surface area contributed by atoms with Gasteiger partial charge in [0.1, 0.15) is 0 Å². The van der Waals surface area contributed by atoms with Crippen LogP contribution in [-0.4, -0.2) is 37.0 Å². The highest BCUT2D eigenvalue weighted by Crippen LogP contribution is 2.21. The summed E-state index contributed by atoms with van der Waals surface area (Å²) in [4.78, 5) is 14.7. The zero-order valence-electron chi connectivity index (χ0n) is 14.7. The Labute approximate surface area is 140 Å². The lowest BCUT2D eigenvalue weighted by Crippen LogP contribution is -2.42. The number of hydrogen-bond donors (Lipinski definition) is 1. The van der Waals surface area contributed by atoms with Gasteiger partial charge >= 0.3 is 0 Å². The number of nitrogens with zero attached hydrogens (tertiary/aromatic N) is 1. The van der Waals surface area contributed by atoms with Crippen LogP contribution in [0, 0.1) is 11.8 Å². The number of rotatable bonds is 7. The van der Waals surface area contributed by atoms with Crippen molar-refractivity contribution in [2.75, 3.05) is 20.1 Å². The van der Waals surface area contributed by atoms with Crippen LogP contribution >= 0.6 is 0 Å². The van der Waals surface area contributed by atoms with Gasteiger partial charge in [0.05, 0.1) is 5.92 Å². The van der Waals surface area contributed by atoms with E-state index in [1.54, 1.807) is 0 Å². The first-order valence-electron chi connectivity index (χ1n) is 8.69. The average molecular weight is 314 g/mol. The van der Waals surface area contributed by atoms with Crippen molar-refractivity contribution in [1.82, 2.24) is 10.2 Å². The molecule has 2 rings (SSSR count). The summed E-state index contributed by atoms with van der Waals surface area (Å²) >= 11 is 0. The molecular weight excluding hydrogens is 284 g/mol. The van der Waals surface area contributed by atoms with E-state index in [2.05, 4.69) is 49.8 Å². The number of carbonyl (C=O) groups is 1. The largest absolute Gasteiger partial charge is 0.353 e. The zero-order chi connectivity index (χ0) is 16.8. The van der Waals surface area contributed by atoms with Gasteiger partial charge in [0.25, 0.3) is 0 Å². The van der Waals surface area contributed by atoms with Gasteiger partial charge in [-0.2, -0.15) is 0 Å². The second-order valence-corrected chi connectivity index (χ2v) is 7.12. The van der Waals surface area contributed by atoms with Crippen molar-refractivity contribution in [2.24, 2.45) is 11.8 Å². The molecule has 0 saturated carbocycles. The Bertz CT molecular complexity index is 524. The highest BCUT2D eigenvalue weighted by atomic mass is 16.2. The molecule has 1 N–H and O–H groups in total. The molecule has 1 fully saturated rings. The summed E-state index contributed by atoms with van der Waals surface area (Å²) in [5.74, 6) is 0.804. The predicted molar refractivity (Wildman–Crippen MR) is 97.1 cm³/mol. The first kappa shape index (κ1) is 17.7. The van der Waals surface area contributed by atoms with Gasteiger partial charge in [-0.3, -0.25) is 4.79 Å². The highest BCUT2D eigenvalue weighted by Gasteiger charge is 2.28. The minimum atomic E-state index is 0.151. The van der Waals surface area contributed by atoms with Crippen LogP contribution in [0.3, 0.4) is 0 Å². The molecule has 1 aromatic rings. The Hall–Kier alpha value is -1.61. The zero-order valence-corrected chi connectivity index (χ0v) is 14.7. The number of hydrogen-bond acceptors (Lipinski definition) is 2. The maximum atomic E-state index is 12.5. The van der Waals surface area contributed by atoms with E-state index < -0.39 is 0 Å². The van der Waals surface area contributed by atoms with Crippen LogP contribution in [-0.2, 0) is 4.79 Å². The molecule has 1 aliphatic heterocycles. The molecule has 1 aliphatic rings. The number of amides is 1. The quantitative estimate of drug-likeness (QED) is 0.834. The van der Waals surface area contributed by atoms with Crippen molar-refractivity contribution in [2.45, 2.75) is 39.2 Å². The maximum absolute atomic E-state index is 12.5. The summed E-state index contributed by atoms with van der Waals surface area (Å²) in [6.07, 6.45) is 2.83. The molecule has 0 spiro atoms. The van der Waals surface area contributed by atoms with Crippen LogP contribution in [0.2, 0.25) is 0 Å². The van der Waals surface area contributed by atoms with Crippen LogP contribution < -0.4 is 5.32 Å². The highest BCUT2D eigenvalue weighted by molar-refractivity contribution is 5.79. The number of likely N-dealkylation sites (tertiary alicyclic amines) is 1. The summed E-state index contributed by atoms with van der Waals surface area (Å²) in [6, 6.07) is 10.5. The lowest BCUT2D eigenvalue weighted by Gasteiger charge is -2.24. The minimum Gasteiger partial charge on any atom is -0.353 e. The molecule has 1 amide bonds. The number of benzene rings is 1. The summed E-state index contributed by atoms with van der Waals surface area (Å²) in [5.41, 5.74) is 2.34. The Kier molecular flexibility index (Phi) is 6.40. The monoisotopic (exact) mass is 314 g/mol. The number of carbonyl (C=O) groups excluding carboxylic acids is 1. The molecule has 2 atom stereocenters. The van der Waals surface area contributed by atoms with E-state index in [4.69, 9.17) is 0 Å². The van der Waals surface area contributed by atoms with Crippen LogP contribution in [0.5, 0.6) is 0 Å².